The molecule has 26 heavy (non-hydrogen) atoms. The molecule has 2 heterocycles. The Kier molecular flexibility index (Phi) is 5.10. The van der Waals surface area contributed by atoms with Crippen molar-refractivity contribution < 1.29 is 17.6 Å². The predicted molar refractivity (Wildman–Crippen MR) is 96.8 cm³/mol. The number of halogens is 2. The molecule has 1 fully saturated rings. The first-order chi connectivity index (χ1) is 12.2. The smallest absolute Gasteiger partial charge is 0.274 e. The number of carbonyl (C=O) groups is 1. The summed E-state index contributed by atoms with van der Waals surface area (Å²) in [7, 11) is -3.03. The number of aryl methyl sites for hydroxylation is 1. The van der Waals surface area contributed by atoms with Gasteiger partial charge in [0.1, 0.15) is 23.2 Å². The van der Waals surface area contributed by atoms with Crippen LogP contribution in [0.15, 0.2) is 24.3 Å². The van der Waals surface area contributed by atoms with Gasteiger partial charge in [-0.3, -0.25) is 4.79 Å². The Balaban J connectivity index is 1.76. The van der Waals surface area contributed by atoms with E-state index in [4.69, 9.17) is 11.6 Å². The minimum Gasteiger partial charge on any atom is -0.366 e. The van der Waals surface area contributed by atoms with E-state index in [0.29, 0.717) is 23.8 Å². The Morgan fingerprint density at radius 1 is 1.31 bits per heavy atom. The highest BCUT2D eigenvalue weighted by Gasteiger charge is 2.28. The number of benzene rings is 1. The van der Waals surface area contributed by atoms with Crippen LogP contribution in [0.4, 0.5) is 15.9 Å². The Labute approximate surface area is 154 Å². The van der Waals surface area contributed by atoms with Gasteiger partial charge < -0.3 is 10.6 Å². The van der Waals surface area contributed by atoms with E-state index in [1.54, 1.807) is 6.92 Å². The van der Waals surface area contributed by atoms with Crippen LogP contribution >= 0.6 is 11.6 Å². The second-order valence-electron chi connectivity index (χ2n) is 6.01. The molecular formula is C16H16ClFN4O3S. The number of nitrogens with one attached hydrogen (secondary N) is 2. The molecule has 2 aromatic rings. The summed E-state index contributed by atoms with van der Waals surface area (Å²) in [5.74, 6) is -0.195. The summed E-state index contributed by atoms with van der Waals surface area (Å²) in [5.41, 5.74) is 0.426. The number of sulfone groups is 1. The van der Waals surface area contributed by atoms with Crippen molar-refractivity contribution in [2.24, 2.45) is 0 Å². The maximum absolute atomic E-state index is 13.2. The summed E-state index contributed by atoms with van der Waals surface area (Å²) in [6.07, 6.45) is 0.487. The van der Waals surface area contributed by atoms with Gasteiger partial charge in [-0.1, -0.05) is 11.6 Å². The summed E-state index contributed by atoms with van der Waals surface area (Å²) in [5, 5.41) is 5.51. The zero-order valence-corrected chi connectivity index (χ0v) is 15.4. The fourth-order valence-corrected chi connectivity index (χ4v) is 4.50. The van der Waals surface area contributed by atoms with E-state index < -0.39 is 21.6 Å². The monoisotopic (exact) mass is 398 g/mol. The molecule has 10 heteroatoms. The number of hydrogen-bond donors (Lipinski definition) is 2. The molecule has 1 unspecified atom stereocenters. The minimum atomic E-state index is -3.03. The van der Waals surface area contributed by atoms with Crippen molar-refractivity contribution in [1.29, 1.82) is 0 Å². The van der Waals surface area contributed by atoms with E-state index in [0.717, 1.165) is 6.07 Å². The highest BCUT2D eigenvalue weighted by Crippen LogP contribution is 2.21. The molecule has 2 N–H and O–H groups in total. The lowest BCUT2D eigenvalue weighted by molar-refractivity contribution is 0.102. The van der Waals surface area contributed by atoms with Crippen LogP contribution in [-0.2, 0) is 9.84 Å². The first-order valence-electron chi connectivity index (χ1n) is 7.81. The van der Waals surface area contributed by atoms with Crippen molar-refractivity contribution in [2.45, 2.75) is 19.4 Å². The third-order valence-electron chi connectivity index (χ3n) is 3.83. The van der Waals surface area contributed by atoms with Gasteiger partial charge in [0.05, 0.1) is 16.5 Å². The second-order valence-corrected chi connectivity index (χ2v) is 8.65. The van der Waals surface area contributed by atoms with E-state index in [1.807, 2.05) is 0 Å². The minimum absolute atomic E-state index is 0.0334. The van der Waals surface area contributed by atoms with Crippen LogP contribution < -0.4 is 10.6 Å². The number of amides is 1. The molecule has 1 atom stereocenters. The highest BCUT2D eigenvalue weighted by atomic mass is 35.5. The number of rotatable bonds is 4. The average molecular weight is 399 g/mol. The molecule has 138 valence electrons. The van der Waals surface area contributed by atoms with Gasteiger partial charge >= 0.3 is 0 Å². The molecular weight excluding hydrogens is 383 g/mol. The summed E-state index contributed by atoms with van der Waals surface area (Å²) in [6, 6.07) is 5.03. The molecule has 1 amide bonds. The van der Waals surface area contributed by atoms with E-state index in [2.05, 4.69) is 20.6 Å². The van der Waals surface area contributed by atoms with Gasteiger partial charge in [0, 0.05) is 17.8 Å². The first kappa shape index (κ1) is 18.5. The Bertz CT molecular complexity index is 968. The lowest BCUT2D eigenvalue weighted by atomic mass is 10.2. The zero-order chi connectivity index (χ0) is 18.9. The average Bonchev–Trinajstić information content (AvgIpc) is 2.89. The summed E-state index contributed by atoms with van der Waals surface area (Å²) >= 11 is 5.70. The van der Waals surface area contributed by atoms with Crippen LogP contribution in [0.5, 0.6) is 0 Å². The van der Waals surface area contributed by atoms with Crippen molar-refractivity contribution in [3.8, 4) is 0 Å². The molecule has 7 nitrogen and oxygen atoms in total. The normalized spacial score (nSPS) is 18.5. The number of hydrogen-bond acceptors (Lipinski definition) is 6. The molecule has 1 aliphatic heterocycles. The van der Waals surface area contributed by atoms with Crippen molar-refractivity contribution >= 4 is 38.9 Å². The van der Waals surface area contributed by atoms with Gasteiger partial charge in [0.2, 0.25) is 0 Å². The van der Waals surface area contributed by atoms with Crippen molar-refractivity contribution in [3.63, 3.8) is 0 Å². The van der Waals surface area contributed by atoms with E-state index in [1.165, 1.54) is 18.2 Å². The molecule has 1 aromatic heterocycles. The van der Waals surface area contributed by atoms with Crippen molar-refractivity contribution in [2.75, 3.05) is 22.1 Å². The molecule has 0 bridgehead atoms. The van der Waals surface area contributed by atoms with Gasteiger partial charge in [-0.05, 0) is 31.5 Å². The fraction of sp³-hybridized carbons (Fsp3) is 0.312. The van der Waals surface area contributed by atoms with Gasteiger partial charge in [0.15, 0.2) is 9.84 Å². The standard InChI is InChI=1S/C16H16ClFN4O3S/c1-9-19-14(16(23)22-10-2-3-13(18)12(17)6-10)7-15(20-9)21-11-4-5-26(24,25)8-11/h2-3,6-7,11H,4-5,8H2,1H3,(H,22,23)(H,19,20,21). The summed E-state index contributed by atoms with van der Waals surface area (Å²) in [6.45, 7) is 1.63. The Morgan fingerprint density at radius 3 is 2.73 bits per heavy atom. The maximum atomic E-state index is 13.2. The topological polar surface area (TPSA) is 101 Å². The zero-order valence-electron chi connectivity index (χ0n) is 13.8. The molecule has 0 saturated carbocycles. The van der Waals surface area contributed by atoms with Crippen molar-refractivity contribution in [3.05, 3.63) is 46.6 Å². The Hall–Kier alpha value is -2.26. The molecule has 1 aliphatic rings. The summed E-state index contributed by atoms with van der Waals surface area (Å²) in [4.78, 5) is 20.7. The van der Waals surface area contributed by atoms with Crippen LogP contribution in [0.25, 0.3) is 0 Å². The maximum Gasteiger partial charge on any atom is 0.274 e. The van der Waals surface area contributed by atoms with Gasteiger partial charge in [0.25, 0.3) is 5.91 Å². The molecule has 1 aromatic carbocycles. The third-order valence-corrected chi connectivity index (χ3v) is 5.89. The lowest BCUT2D eigenvalue weighted by Gasteiger charge is -2.13. The number of anilines is 2. The number of nitrogens with zero attached hydrogens (tertiary/aromatic N) is 2. The SMILES string of the molecule is Cc1nc(NC2CCS(=O)(=O)C2)cc(C(=O)Nc2ccc(F)c(Cl)c2)n1. The third kappa shape index (κ3) is 4.47. The quantitative estimate of drug-likeness (QED) is 0.820. The molecule has 1 saturated heterocycles. The molecule has 3 rings (SSSR count). The van der Waals surface area contributed by atoms with E-state index in [-0.39, 0.29) is 28.3 Å². The van der Waals surface area contributed by atoms with Gasteiger partial charge in [-0.15, -0.1) is 0 Å². The largest absolute Gasteiger partial charge is 0.366 e. The highest BCUT2D eigenvalue weighted by molar-refractivity contribution is 7.91. The van der Waals surface area contributed by atoms with Crippen LogP contribution in [0, 0.1) is 12.7 Å². The van der Waals surface area contributed by atoms with Crippen LogP contribution in [0.2, 0.25) is 5.02 Å². The van der Waals surface area contributed by atoms with E-state index in [9.17, 15) is 17.6 Å². The number of carbonyl (C=O) groups excluding carboxylic acids is 1. The predicted octanol–water partition coefficient (Wildman–Crippen LogP) is 2.43. The van der Waals surface area contributed by atoms with Gasteiger partial charge in [-0.25, -0.2) is 22.8 Å². The number of aromatic nitrogens is 2. The fourth-order valence-electron chi connectivity index (χ4n) is 2.64. The summed E-state index contributed by atoms with van der Waals surface area (Å²) < 4.78 is 36.3. The van der Waals surface area contributed by atoms with Crippen LogP contribution in [0.3, 0.4) is 0 Å². The van der Waals surface area contributed by atoms with Crippen molar-refractivity contribution in [1.82, 2.24) is 9.97 Å². The lowest BCUT2D eigenvalue weighted by Crippen LogP contribution is -2.22. The molecule has 0 radical (unpaired) electrons. The first-order valence-corrected chi connectivity index (χ1v) is 10.0. The van der Waals surface area contributed by atoms with Crippen LogP contribution in [0.1, 0.15) is 22.7 Å². The van der Waals surface area contributed by atoms with E-state index >= 15 is 0 Å². The molecule has 0 spiro atoms. The van der Waals surface area contributed by atoms with Crippen LogP contribution in [-0.4, -0.2) is 41.8 Å². The Morgan fingerprint density at radius 2 is 2.08 bits per heavy atom. The molecule has 0 aliphatic carbocycles. The van der Waals surface area contributed by atoms with Gasteiger partial charge in [-0.2, -0.15) is 0 Å². The second kappa shape index (κ2) is 7.16.